The molecular weight excluding hydrogens is 456 g/mol. The number of oxazole rings is 1. The van der Waals surface area contributed by atoms with Crippen molar-refractivity contribution in [2.24, 2.45) is 10.9 Å². The molecule has 2 atom stereocenters. The van der Waals surface area contributed by atoms with Gasteiger partial charge in [0.05, 0.1) is 10.9 Å². The molecule has 1 aliphatic heterocycles. The minimum atomic E-state index is -3.73. The Balaban J connectivity index is 1.59. The van der Waals surface area contributed by atoms with Gasteiger partial charge >= 0.3 is 0 Å². The number of amidine groups is 1. The molecule has 0 saturated carbocycles. The molecule has 1 aromatic heterocycles. The molecule has 0 unspecified atom stereocenters. The van der Waals surface area contributed by atoms with Crippen LogP contribution in [0.25, 0.3) is 11.1 Å². The topological polar surface area (TPSA) is 131 Å². The standard InChI is InChI=1S/C24H26N4O5S/c1-4-16(21(29)24-27-17-10-6-7-11-19(17)33-24)26-23(30)18(13-14(2)3)25-22-15-9-5-8-12-20(15)34(31,32)28-22/h5-12,14,16,18H,4,13H2,1-3H3,(H,25,28)(H,26,30)/t16-,18-/m0/s1. The first-order chi connectivity index (χ1) is 16.2. The molecule has 2 aromatic carbocycles. The summed E-state index contributed by atoms with van der Waals surface area (Å²) in [5, 5.41) is 2.76. The van der Waals surface area contributed by atoms with Crippen molar-refractivity contribution in [3.8, 4) is 0 Å². The van der Waals surface area contributed by atoms with Gasteiger partial charge in [-0.25, -0.2) is 13.4 Å². The van der Waals surface area contributed by atoms with E-state index in [-0.39, 0.29) is 22.5 Å². The smallest absolute Gasteiger partial charge is 0.266 e. The maximum Gasteiger partial charge on any atom is 0.266 e. The highest BCUT2D eigenvalue weighted by molar-refractivity contribution is 7.90. The van der Waals surface area contributed by atoms with Gasteiger partial charge in [-0.3, -0.25) is 19.3 Å². The van der Waals surface area contributed by atoms with Crippen molar-refractivity contribution in [3.05, 3.63) is 60.0 Å². The minimum Gasteiger partial charge on any atom is -0.434 e. The van der Waals surface area contributed by atoms with Gasteiger partial charge in [-0.1, -0.05) is 45.0 Å². The Kier molecular flexibility index (Phi) is 6.52. The summed E-state index contributed by atoms with van der Waals surface area (Å²) in [5.41, 5.74) is 1.46. The highest BCUT2D eigenvalue weighted by Crippen LogP contribution is 2.24. The number of carbonyl (C=O) groups is 2. The van der Waals surface area contributed by atoms with Crippen LogP contribution in [-0.2, 0) is 14.8 Å². The number of rotatable bonds is 8. The molecule has 0 bridgehead atoms. The molecular formula is C24H26N4O5S. The molecule has 0 spiro atoms. The highest BCUT2D eigenvalue weighted by atomic mass is 32.2. The van der Waals surface area contributed by atoms with Crippen LogP contribution in [0.1, 0.15) is 49.9 Å². The largest absolute Gasteiger partial charge is 0.434 e. The molecule has 1 amide bonds. The normalized spacial score (nSPS) is 17.4. The maximum absolute atomic E-state index is 13.2. The Bertz CT molecular complexity index is 1340. The van der Waals surface area contributed by atoms with Crippen molar-refractivity contribution in [2.75, 3.05) is 0 Å². The van der Waals surface area contributed by atoms with Crippen molar-refractivity contribution in [1.82, 2.24) is 15.0 Å². The fraction of sp³-hybridized carbons (Fsp3) is 0.333. The van der Waals surface area contributed by atoms with E-state index >= 15 is 0 Å². The van der Waals surface area contributed by atoms with Gasteiger partial charge in [0.2, 0.25) is 11.7 Å². The lowest BCUT2D eigenvalue weighted by Gasteiger charge is -2.20. The van der Waals surface area contributed by atoms with E-state index in [1.165, 1.54) is 6.07 Å². The van der Waals surface area contributed by atoms with Crippen LogP contribution in [0.3, 0.4) is 0 Å². The third-order valence-electron chi connectivity index (χ3n) is 5.49. The first kappa shape index (κ1) is 23.6. The monoisotopic (exact) mass is 482 g/mol. The summed E-state index contributed by atoms with van der Waals surface area (Å²) >= 11 is 0. The average Bonchev–Trinajstić information content (AvgIpc) is 3.35. The van der Waals surface area contributed by atoms with Crippen molar-refractivity contribution in [1.29, 1.82) is 0 Å². The second-order valence-electron chi connectivity index (χ2n) is 8.55. The number of nitrogens with zero attached hydrogens (tertiary/aromatic N) is 2. The van der Waals surface area contributed by atoms with Gasteiger partial charge in [0, 0.05) is 5.56 Å². The molecule has 0 radical (unpaired) electrons. The van der Waals surface area contributed by atoms with E-state index in [9.17, 15) is 18.0 Å². The lowest BCUT2D eigenvalue weighted by molar-refractivity contribution is -0.123. The number of benzene rings is 2. The number of carbonyl (C=O) groups excluding carboxylic acids is 2. The number of ketones is 1. The predicted octanol–water partition coefficient (Wildman–Crippen LogP) is 3.06. The van der Waals surface area contributed by atoms with Crippen LogP contribution in [0.15, 0.2) is 62.8 Å². The number of aliphatic imine (C=N–C) groups is 1. The summed E-state index contributed by atoms with van der Waals surface area (Å²) in [4.78, 5) is 35.1. The molecule has 10 heteroatoms. The Labute approximate surface area is 197 Å². The molecule has 2 heterocycles. The van der Waals surface area contributed by atoms with E-state index in [2.05, 4.69) is 20.0 Å². The van der Waals surface area contributed by atoms with Crippen LogP contribution < -0.4 is 10.0 Å². The fourth-order valence-corrected chi connectivity index (χ4v) is 5.04. The first-order valence-corrected chi connectivity index (χ1v) is 12.6. The number of hydrogen-bond donors (Lipinski definition) is 2. The van der Waals surface area contributed by atoms with Crippen molar-refractivity contribution in [3.63, 3.8) is 0 Å². The van der Waals surface area contributed by atoms with Gasteiger partial charge in [0.25, 0.3) is 15.9 Å². The van der Waals surface area contributed by atoms with Crippen LogP contribution in [-0.4, -0.2) is 43.0 Å². The molecule has 178 valence electrons. The Morgan fingerprint density at radius 1 is 1.12 bits per heavy atom. The molecule has 2 N–H and O–H groups in total. The molecule has 0 fully saturated rings. The second-order valence-corrected chi connectivity index (χ2v) is 10.2. The quantitative estimate of drug-likeness (QED) is 0.475. The third-order valence-corrected chi connectivity index (χ3v) is 6.89. The van der Waals surface area contributed by atoms with E-state index in [1.54, 1.807) is 49.4 Å². The van der Waals surface area contributed by atoms with Crippen molar-refractivity contribution in [2.45, 2.75) is 50.6 Å². The Hall–Kier alpha value is -3.53. The Morgan fingerprint density at radius 3 is 2.53 bits per heavy atom. The van der Waals surface area contributed by atoms with Crippen LogP contribution in [0, 0.1) is 5.92 Å². The number of nitrogens with one attached hydrogen (secondary N) is 2. The molecule has 3 aromatic rings. The van der Waals surface area contributed by atoms with E-state index < -0.39 is 33.8 Å². The van der Waals surface area contributed by atoms with Crippen LogP contribution in [0.4, 0.5) is 0 Å². The number of Topliss-reactive ketones (excluding diaryl/α,β-unsaturated/α-hetero) is 1. The summed E-state index contributed by atoms with van der Waals surface area (Å²) in [6.07, 6.45) is 0.691. The summed E-state index contributed by atoms with van der Waals surface area (Å²) < 4.78 is 32.9. The predicted molar refractivity (Wildman–Crippen MR) is 127 cm³/mol. The zero-order valence-electron chi connectivity index (χ0n) is 19.1. The molecule has 9 nitrogen and oxygen atoms in total. The van der Waals surface area contributed by atoms with E-state index in [4.69, 9.17) is 4.42 Å². The summed E-state index contributed by atoms with van der Waals surface area (Å²) in [5.74, 6) is -0.760. The number of hydrogen-bond acceptors (Lipinski definition) is 7. The van der Waals surface area contributed by atoms with E-state index in [0.717, 1.165) is 0 Å². The minimum absolute atomic E-state index is 0.0717. The highest BCUT2D eigenvalue weighted by Gasteiger charge is 2.33. The van der Waals surface area contributed by atoms with E-state index in [1.807, 2.05) is 13.8 Å². The molecule has 0 saturated heterocycles. The van der Waals surface area contributed by atoms with Crippen molar-refractivity contribution >= 4 is 38.6 Å². The number of amides is 1. The van der Waals surface area contributed by atoms with Gasteiger partial charge in [-0.2, -0.15) is 0 Å². The number of fused-ring (bicyclic) bond motifs is 2. The lowest BCUT2D eigenvalue weighted by atomic mass is 10.0. The fourth-order valence-electron chi connectivity index (χ4n) is 3.80. The van der Waals surface area contributed by atoms with Gasteiger partial charge in [0.1, 0.15) is 17.4 Å². The van der Waals surface area contributed by atoms with Gasteiger partial charge in [0.15, 0.2) is 5.58 Å². The van der Waals surface area contributed by atoms with Crippen LogP contribution >= 0.6 is 0 Å². The molecule has 4 rings (SSSR count). The Morgan fingerprint density at radius 2 is 1.82 bits per heavy atom. The van der Waals surface area contributed by atoms with E-state index in [0.29, 0.717) is 29.5 Å². The summed E-state index contributed by atoms with van der Waals surface area (Å²) in [6.45, 7) is 5.65. The van der Waals surface area contributed by atoms with Crippen molar-refractivity contribution < 1.29 is 22.4 Å². The SMILES string of the molecule is CC[C@H](NC(=O)[C@H](CC(C)C)N=C1NS(=O)(=O)c2ccccc21)C(=O)c1nc2ccccc2o1. The molecule has 0 aliphatic carbocycles. The number of para-hydroxylation sites is 2. The summed E-state index contributed by atoms with van der Waals surface area (Å²) in [7, 11) is -3.73. The number of aromatic nitrogens is 1. The zero-order valence-corrected chi connectivity index (χ0v) is 19.9. The third kappa shape index (κ3) is 4.72. The lowest BCUT2D eigenvalue weighted by Crippen LogP contribution is -2.45. The maximum atomic E-state index is 13.2. The second kappa shape index (κ2) is 9.38. The molecule has 34 heavy (non-hydrogen) atoms. The summed E-state index contributed by atoms with van der Waals surface area (Å²) in [6, 6.07) is 11.7. The first-order valence-electron chi connectivity index (χ1n) is 11.1. The van der Waals surface area contributed by atoms with Crippen LogP contribution in [0.2, 0.25) is 0 Å². The zero-order chi connectivity index (χ0) is 24.5. The number of sulfonamides is 1. The van der Waals surface area contributed by atoms with Crippen LogP contribution in [0.5, 0.6) is 0 Å². The molecule has 1 aliphatic rings. The average molecular weight is 483 g/mol. The van der Waals surface area contributed by atoms with Gasteiger partial charge < -0.3 is 9.73 Å². The van der Waals surface area contributed by atoms with Gasteiger partial charge in [-0.15, -0.1) is 0 Å². The van der Waals surface area contributed by atoms with Gasteiger partial charge in [-0.05, 0) is 43.0 Å².